The normalized spacial score (nSPS) is 11.0. The van der Waals surface area contributed by atoms with Gasteiger partial charge in [0.1, 0.15) is 5.39 Å². The average Bonchev–Trinajstić information content (AvgIpc) is 2.62. The maximum Gasteiger partial charge on any atom is 0.332 e. The van der Waals surface area contributed by atoms with Crippen molar-refractivity contribution in [2.45, 2.75) is 0 Å². The van der Waals surface area contributed by atoms with Gasteiger partial charge in [0.25, 0.3) is 5.56 Å². The van der Waals surface area contributed by atoms with Crippen molar-refractivity contribution in [2.24, 2.45) is 14.1 Å². The highest BCUT2D eigenvalue weighted by molar-refractivity contribution is 5.91. The lowest BCUT2D eigenvalue weighted by atomic mass is 10.2. The number of rotatable bonds is 4. The lowest BCUT2D eigenvalue weighted by Gasteiger charge is -2.25. The Bertz CT molecular complexity index is 992. The molecule has 3 rings (SSSR count). The van der Waals surface area contributed by atoms with E-state index < -0.39 is 11.2 Å². The van der Waals surface area contributed by atoms with Crippen LogP contribution in [0.2, 0.25) is 0 Å². The largest absolute Gasteiger partial charge is 0.395 e. The molecule has 0 bridgehead atoms. The van der Waals surface area contributed by atoms with Crippen LogP contribution in [0.25, 0.3) is 11.0 Å². The topological polar surface area (TPSA) is 80.4 Å². The smallest absolute Gasteiger partial charge is 0.332 e. The number of nitrogens with zero attached hydrogens (tertiary/aromatic N) is 4. The lowest BCUT2D eigenvalue weighted by Crippen LogP contribution is -2.38. The second-order valence-corrected chi connectivity index (χ2v) is 5.45. The summed E-state index contributed by atoms with van der Waals surface area (Å²) in [4.78, 5) is 30.8. The molecule has 0 aliphatic carbocycles. The molecular formula is C17H18N4O3. The van der Waals surface area contributed by atoms with E-state index in [2.05, 4.69) is 4.98 Å². The highest BCUT2D eigenvalue weighted by Gasteiger charge is 2.18. The summed E-state index contributed by atoms with van der Waals surface area (Å²) in [6.45, 7) is 0.236. The van der Waals surface area contributed by atoms with Crippen molar-refractivity contribution < 1.29 is 5.11 Å². The summed E-state index contributed by atoms with van der Waals surface area (Å²) in [6.07, 6.45) is 1.56. The molecule has 0 saturated heterocycles. The predicted molar refractivity (Wildman–Crippen MR) is 92.8 cm³/mol. The van der Waals surface area contributed by atoms with E-state index in [9.17, 15) is 14.7 Å². The number of hydrogen-bond acceptors (Lipinski definition) is 5. The van der Waals surface area contributed by atoms with Gasteiger partial charge in [-0.25, -0.2) is 9.78 Å². The third-order valence-corrected chi connectivity index (χ3v) is 4.00. The zero-order valence-electron chi connectivity index (χ0n) is 13.5. The number of aliphatic hydroxyl groups excluding tert-OH is 1. The highest BCUT2D eigenvalue weighted by atomic mass is 16.3. The van der Waals surface area contributed by atoms with E-state index in [0.29, 0.717) is 23.3 Å². The summed E-state index contributed by atoms with van der Waals surface area (Å²) in [5.41, 5.74) is 0.937. The Balaban J connectivity index is 2.37. The summed E-state index contributed by atoms with van der Waals surface area (Å²) < 4.78 is 2.41. The van der Waals surface area contributed by atoms with Gasteiger partial charge in [0.15, 0.2) is 5.65 Å². The molecule has 0 atom stereocenters. The van der Waals surface area contributed by atoms with Crippen LogP contribution in [0.4, 0.5) is 11.4 Å². The van der Waals surface area contributed by atoms with Crippen molar-refractivity contribution in [3.63, 3.8) is 0 Å². The molecule has 0 aliphatic rings. The summed E-state index contributed by atoms with van der Waals surface area (Å²) in [5.74, 6) is 0. The number of pyridine rings is 1. The quantitative estimate of drug-likeness (QED) is 0.766. The maximum absolute atomic E-state index is 12.7. The van der Waals surface area contributed by atoms with Crippen molar-refractivity contribution in [2.75, 3.05) is 18.1 Å². The van der Waals surface area contributed by atoms with Crippen molar-refractivity contribution in [3.8, 4) is 0 Å². The van der Waals surface area contributed by atoms with Crippen LogP contribution < -0.4 is 16.1 Å². The maximum atomic E-state index is 12.7. The number of aliphatic hydroxyl groups is 1. The summed E-state index contributed by atoms with van der Waals surface area (Å²) in [6, 6.07) is 11.2. The number of hydrogen-bond donors (Lipinski definition) is 1. The van der Waals surface area contributed by atoms with Gasteiger partial charge >= 0.3 is 5.69 Å². The van der Waals surface area contributed by atoms with Gasteiger partial charge in [-0.1, -0.05) is 18.2 Å². The summed E-state index contributed by atoms with van der Waals surface area (Å²) in [7, 11) is 3.03. The first kappa shape index (κ1) is 15.9. The van der Waals surface area contributed by atoms with Gasteiger partial charge in [-0.2, -0.15) is 0 Å². The van der Waals surface area contributed by atoms with Gasteiger partial charge in [-0.05, 0) is 18.2 Å². The Hall–Kier alpha value is -2.93. The number of anilines is 2. The van der Waals surface area contributed by atoms with Crippen molar-refractivity contribution >= 4 is 22.4 Å². The third kappa shape index (κ3) is 2.48. The van der Waals surface area contributed by atoms with Crippen LogP contribution in [0.5, 0.6) is 0 Å². The van der Waals surface area contributed by atoms with Crippen molar-refractivity contribution in [1.82, 2.24) is 14.1 Å². The molecule has 0 aliphatic heterocycles. The minimum atomic E-state index is -0.425. The Kier molecular flexibility index (Phi) is 4.18. The fourth-order valence-corrected chi connectivity index (χ4v) is 2.79. The first-order valence-electron chi connectivity index (χ1n) is 7.54. The molecule has 24 heavy (non-hydrogen) atoms. The lowest BCUT2D eigenvalue weighted by molar-refractivity contribution is 0.306. The Labute approximate surface area is 138 Å². The van der Waals surface area contributed by atoms with Crippen LogP contribution in [0.3, 0.4) is 0 Å². The molecule has 124 valence electrons. The van der Waals surface area contributed by atoms with Crippen LogP contribution in [0.1, 0.15) is 0 Å². The van der Waals surface area contributed by atoms with E-state index in [1.807, 2.05) is 35.2 Å². The molecule has 2 heterocycles. The predicted octanol–water partition coefficient (Wildman–Crippen LogP) is 0.763. The van der Waals surface area contributed by atoms with Crippen molar-refractivity contribution in [1.29, 1.82) is 0 Å². The van der Waals surface area contributed by atoms with Crippen LogP contribution >= 0.6 is 0 Å². The minimum Gasteiger partial charge on any atom is -0.395 e. The number of aryl methyl sites for hydroxylation is 1. The molecule has 0 unspecified atom stereocenters. The van der Waals surface area contributed by atoms with E-state index in [0.717, 1.165) is 10.3 Å². The molecule has 0 fully saturated rings. The Morgan fingerprint density at radius 3 is 2.46 bits per heavy atom. The van der Waals surface area contributed by atoms with Crippen molar-refractivity contribution in [3.05, 3.63) is 63.4 Å². The van der Waals surface area contributed by atoms with E-state index in [4.69, 9.17) is 0 Å². The molecule has 1 aromatic carbocycles. The summed E-state index contributed by atoms with van der Waals surface area (Å²) >= 11 is 0. The average molecular weight is 326 g/mol. The second-order valence-electron chi connectivity index (χ2n) is 5.45. The first-order chi connectivity index (χ1) is 11.6. The van der Waals surface area contributed by atoms with Crippen LogP contribution in [0.15, 0.2) is 52.2 Å². The zero-order chi connectivity index (χ0) is 17.3. The first-order valence-corrected chi connectivity index (χ1v) is 7.54. The molecule has 7 nitrogen and oxygen atoms in total. The van der Waals surface area contributed by atoms with Gasteiger partial charge < -0.3 is 10.0 Å². The number of para-hydroxylation sites is 1. The molecule has 0 saturated carbocycles. The highest BCUT2D eigenvalue weighted by Crippen LogP contribution is 2.28. The zero-order valence-corrected chi connectivity index (χ0v) is 13.5. The molecule has 3 aromatic rings. The van der Waals surface area contributed by atoms with Crippen LogP contribution in [-0.4, -0.2) is 32.4 Å². The Morgan fingerprint density at radius 1 is 1.08 bits per heavy atom. The number of aromatic nitrogens is 3. The van der Waals surface area contributed by atoms with E-state index in [-0.39, 0.29) is 6.61 Å². The van der Waals surface area contributed by atoms with E-state index in [1.165, 1.54) is 11.6 Å². The van der Waals surface area contributed by atoms with Gasteiger partial charge in [-0.15, -0.1) is 0 Å². The number of fused-ring (bicyclic) bond motifs is 1. The van der Waals surface area contributed by atoms with Gasteiger partial charge in [-0.3, -0.25) is 13.9 Å². The fourth-order valence-electron chi connectivity index (χ4n) is 2.79. The number of benzene rings is 1. The second kappa shape index (κ2) is 6.29. The molecule has 0 radical (unpaired) electrons. The SMILES string of the molecule is Cn1c(=O)c2c(N(CCO)c3ccccc3)ccnc2n(C)c1=O. The third-order valence-electron chi connectivity index (χ3n) is 4.00. The Morgan fingerprint density at radius 2 is 1.79 bits per heavy atom. The molecule has 0 amide bonds. The van der Waals surface area contributed by atoms with Crippen LogP contribution in [0, 0.1) is 0 Å². The fraction of sp³-hybridized carbons (Fsp3) is 0.235. The van der Waals surface area contributed by atoms with E-state index in [1.54, 1.807) is 19.3 Å². The molecule has 1 N–H and O–H groups in total. The monoisotopic (exact) mass is 326 g/mol. The molecule has 0 spiro atoms. The molecule has 2 aromatic heterocycles. The van der Waals surface area contributed by atoms with Gasteiger partial charge in [0, 0.05) is 32.5 Å². The summed E-state index contributed by atoms with van der Waals surface area (Å²) in [5, 5.41) is 9.80. The van der Waals surface area contributed by atoms with E-state index >= 15 is 0 Å². The minimum absolute atomic E-state index is 0.0786. The molecule has 7 heteroatoms. The van der Waals surface area contributed by atoms with Crippen LogP contribution in [-0.2, 0) is 14.1 Å². The molecular weight excluding hydrogens is 308 g/mol. The standard InChI is InChI=1S/C17H18N4O3/c1-19-15-14(16(23)20(2)17(19)24)13(8-9-18-15)21(10-11-22)12-6-4-3-5-7-12/h3-9,22H,10-11H2,1-2H3. The van der Waals surface area contributed by atoms with Gasteiger partial charge in [0.05, 0.1) is 12.3 Å². The van der Waals surface area contributed by atoms with Gasteiger partial charge in [0.2, 0.25) is 0 Å².